The third kappa shape index (κ3) is 4.74. The highest BCUT2D eigenvalue weighted by Crippen LogP contribution is 2.63. The van der Waals surface area contributed by atoms with E-state index in [1.54, 1.807) is 0 Å². The van der Waals surface area contributed by atoms with Crippen molar-refractivity contribution < 1.29 is 28.7 Å². The van der Waals surface area contributed by atoms with Crippen molar-refractivity contribution in [3.05, 3.63) is 0 Å². The van der Waals surface area contributed by atoms with Crippen molar-refractivity contribution >= 4 is 15.2 Å². The van der Waals surface area contributed by atoms with Gasteiger partial charge >= 0.3 is 15.2 Å². The molecule has 10 N–H and O–H groups in total. The first-order valence-electron chi connectivity index (χ1n) is 10.2. The van der Waals surface area contributed by atoms with Gasteiger partial charge in [0.2, 0.25) is 0 Å². The molecule has 2 rings (SSSR count). The maximum atomic E-state index is 12.3. The molecule has 2 aliphatic carbocycles. The number of rotatable bonds is 4. The summed E-state index contributed by atoms with van der Waals surface area (Å²) < 4.78 is 24.3. The Bertz CT molecular complexity index is 628. The first-order valence-corrected chi connectivity index (χ1v) is 13.6. The Hall–Kier alpha value is 0.180. The zero-order valence-corrected chi connectivity index (χ0v) is 18.3. The van der Waals surface area contributed by atoms with Gasteiger partial charge in [-0.05, 0) is 37.0 Å². The summed E-state index contributed by atoms with van der Waals surface area (Å²) in [6.07, 6.45) is 8.10. The third-order valence-electron chi connectivity index (χ3n) is 7.19. The Morgan fingerprint density at radius 2 is 1.29 bits per heavy atom. The molecule has 3 unspecified atom stereocenters. The van der Waals surface area contributed by atoms with E-state index in [9.17, 15) is 28.7 Å². The van der Waals surface area contributed by atoms with Crippen molar-refractivity contribution in [3.8, 4) is 0 Å². The van der Waals surface area contributed by atoms with Crippen LogP contribution in [0, 0.1) is 11.3 Å². The molecule has 11 heteroatoms. The Morgan fingerprint density at radius 3 is 1.75 bits per heavy atom. The number of hydrogen-bond donors (Lipinski definition) is 7. The quantitative estimate of drug-likeness (QED) is 0.252. The van der Waals surface area contributed by atoms with Crippen LogP contribution in [0.1, 0.15) is 77.0 Å². The van der Waals surface area contributed by atoms with Crippen molar-refractivity contribution in [1.82, 2.24) is 0 Å². The van der Waals surface area contributed by atoms with E-state index in [0.717, 1.165) is 44.9 Å². The van der Waals surface area contributed by atoms with Crippen LogP contribution in [0.2, 0.25) is 0 Å². The maximum absolute atomic E-state index is 12.3. The van der Waals surface area contributed by atoms with E-state index < -0.39 is 37.5 Å². The molecule has 0 aromatic carbocycles. The Morgan fingerprint density at radius 1 is 0.821 bits per heavy atom. The fraction of sp³-hybridized carbons (Fsp3) is 1.00. The molecule has 0 heterocycles. The summed E-state index contributed by atoms with van der Waals surface area (Å²) in [5.41, 5.74) is 16.6. The van der Waals surface area contributed by atoms with Gasteiger partial charge in [0, 0.05) is 0 Å². The van der Waals surface area contributed by atoms with Crippen LogP contribution in [0.15, 0.2) is 0 Å². The lowest BCUT2D eigenvalue weighted by Crippen LogP contribution is -2.78. The van der Waals surface area contributed by atoms with Crippen LogP contribution in [0.3, 0.4) is 0 Å². The minimum atomic E-state index is -4.99. The predicted octanol–water partition coefficient (Wildman–Crippen LogP) is 1.92. The SMILES string of the molecule is NC1(C(N)(N)P(=O)(O)O)CCCCCCC12CCCCCCC2CP(=O)(O)O. The molecule has 28 heavy (non-hydrogen) atoms. The summed E-state index contributed by atoms with van der Waals surface area (Å²) in [5.74, 6) is -0.491. The molecule has 166 valence electrons. The van der Waals surface area contributed by atoms with Gasteiger partial charge in [0.15, 0.2) is 5.40 Å². The van der Waals surface area contributed by atoms with Crippen LogP contribution in [0.25, 0.3) is 0 Å². The van der Waals surface area contributed by atoms with Crippen molar-refractivity contribution in [2.24, 2.45) is 28.5 Å². The monoisotopic (exact) mass is 441 g/mol. The highest BCUT2D eigenvalue weighted by atomic mass is 31.2. The topological polar surface area (TPSA) is 193 Å². The van der Waals surface area contributed by atoms with Crippen LogP contribution in [-0.4, -0.2) is 36.7 Å². The number of nitrogens with two attached hydrogens (primary N) is 3. The fourth-order valence-corrected chi connectivity index (χ4v) is 7.62. The summed E-state index contributed by atoms with van der Waals surface area (Å²) in [5, 5.41) is -2.47. The van der Waals surface area contributed by atoms with E-state index in [2.05, 4.69) is 0 Å². The molecule has 2 aliphatic rings. The van der Waals surface area contributed by atoms with Crippen LogP contribution in [0.5, 0.6) is 0 Å². The molecule has 0 aromatic heterocycles. The molecule has 2 fully saturated rings. The van der Waals surface area contributed by atoms with Crippen molar-refractivity contribution in [3.63, 3.8) is 0 Å². The summed E-state index contributed by atoms with van der Waals surface area (Å²) in [7, 11) is -9.36. The van der Waals surface area contributed by atoms with Gasteiger partial charge in [0.25, 0.3) is 0 Å². The second kappa shape index (κ2) is 8.74. The van der Waals surface area contributed by atoms with Crippen molar-refractivity contribution in [2.45, 2.75) is 88.0 Å². The molecule has 0 aliphatic heterocycles. The highest BCUT2D eigenvalue weighted by molar-refractivity contribution is 7.53. The van der Waals surface area contributed by atoms with Gasteiger partial charge in [0.05, 0.1) is 11.7 Å². The molecule has 0 radical (unpaired) electrons. The average molecular weight is 441 g/mol. The van der Waals surface area contributed by atoms with Gasteiger partial charge in [-0.3, -0.25) is 9.13 Å². The van der Waals surface area contributed by atoms with E-state index in [-0.39, 0.29) is 12.6 Å². The van der Waals surface area contributed by atoms with Gasteiger partial charge < -0.3 is 36.8 Å². The molecule has 0 bridgehead atoms. The van der Waals surface area contributed by atoms with Crippen molar-refractivity contribution in [1.29, 1.82) is 0 Å². The van der Waals surface area contributed by atoms with E-state index >= 15 is 0 Å². The average Bonchev–Trinajstić information content (AvgIpc) is 2.51. The summed E-state index contributed by atoms with van der Waals surface area (Å²) >= 11 is 0. The van der Waals surface area contributed by atoms with E-state index in [4.69, 9.17) is 17.2 Å². The molecule has 3 atom stereocenters. The fourth-order valence-electron chi connectivity index (χ4n) is 5.66. The molecule has 1 spiro atoms. The van der Waals surface area contributed by atoms with Gasteiger partial charge in [-0.25, -0.2) is 0 Å². The first kappa shape index (κ1) is 24.4. The van der Waals surface area contributed by atoms with E-state index in [1.807, 2.05) is 0 Å². The van der Waals surface area contributed by atoms with E-state index in [0.29, 0.717) is 25.7 Å². The maximum Gasteiger partial charge on any atom is 0.361 e. The van der Waals surface area contributed by atoms with Crippen LogP contribution in [-0.2, 0) is 9.13 Å². The molecular formula is C17H37N3O6P2. The Labute approximate surface area is 167 Å². The third-order valence-corrected chi connectivity index (χ3v) is 9.47. The predicted molar refractivity (Wildman–Crippen MR) is 108 cm³/mol. The largest absolute Gasteiger partial charge is 0.361 e. The molecular weight excluding hydrogens is 404 g/mol. The standard InChI is InChI=1S/C17H37N3O6P2/c18-16(17(19,20)28(24,25)26)12-8-4-3-7-11-15(16)10-6-2-1-5-9-14(15)13-27(21,22)23/h14H,1-13,18-20H2,(H2,21,22,23)(H2,24,25,26). The highest BCUT2D eigenvalue weighted by Gasteiger charge is 2.66. The molecule has 0 saturated heterocycles. The first-order chi connectivity index (χ1) is 12.8. The van der Waals surface area contributed by atoms with Crippen molar-refractivity contribution in [2.75, 3.05) is 6.16 Å². The lowest BCUT2D eigenvalue weighted by Gasteiger charge is -2.60. The van der Waals surface area contributed by atoms with Gasteiger partial charge in [-0.2, -0.15) is 0 Å². The second-order valence-corrected chi connectivity index (χ2v) is 12.4. The molecule has 0 aromatic rings. The van der Waals surface area contributed by atoms with Crippen LogP contribution >= 0.6 is 15.2 Å². The van der Waals surface area contributed by atoms with Crippen LogP contribution < -0.4 is 17.2 Å². The Balaban J connectivity index is 2.68. The molecule has 0 amide bonds. The molecule has 9 nitrogen and oxygen atoms in total. The lowest BCUT2D eigenvalue weighted by atomic mass is 9.53. The minimum Gasteiger partial charge on any atom is -0.324 e. The zero-order valence-electron chi connectivity index (χ0n) is 16.5. The van der Waals surface area contributed by atoms with Crippen LogP contribution in [0.4, 0.5) is 0 Å². The zero-order chi connectivity index (χ0) is 21.3. The van der Waals surface area contributed by atoms with Gasteiger partial charge in [-0.15, -0.1) is 0 Å². The Kier molecular flexibility index (Phi) is 7.63. The summed E-state index contributed by atoms with van der Waals surface area (Å²) in [6.45, 7) is 0. The van der Waals surface area contributed by atoms with Gasteiger partial charge in [-0.1, -0.05) is 51.4 Å². The normalized spacial score (nSPS) is 34.3. The summed E-state index contributed by atoms with van der Waals surface area (Å²) in [4.78, 5) is 39.5. The number of hydrogen-bond acceptors (Lipinski definition) is 5. The van der Waals surface area contributed by atoms with E-state index in [1.165, 1.54) is 0 Å². The second-order valence-electron chi connectivity index (χ2n) is 8.91. The summed E-state index contributed by atoms with van der Waals surface area (Å²) in [6, 6.07) is 0. The smallest absolute Gasteiger partial charge is 0.324 e. The molecule has 2 saturated carbocycles. The van der Waals surface area contributed by atoms with Gasteiger partial charge in [0.1, 0.15) is 0 Å². The minimum absolute atomic E-state index is 0.225. The lowest BCUT2D eigenvalue weighted by molar-refractivity contribution is -0.0277.